The fraction of sp³-hybridized carbons (Fsp3) is 0.462. The van der Waals surface area contributed by atoms with Crippen molar-refractivity contribution in [1.29, 1.82) is 0 Å². The molecule has 1 N–H and O–H groups in total. The Labute approximate surface area is 130 Å². The molecule has 0 bridgehead atoms. The molecule has 0 radical (unpaired) electrons. The summed E-state index contributed by atoms with van der Waals surface area (Å²) in [7, 11) is 2.16. The van der Waals surface area contributed by atoms with Gasteiger partial charge in [-0.15, -0.1) is 11.3 Å². The van der Waals surface area contributed by atoms with Gasteiger partial charge in [-0.2, -0.15) is 0 Å². The molecule has 0 amide bonds. The monoisotopic (exact) mass is 356 g/mol. The van der Waals surface area contributed by atoms with Crippen LogP contribution in [-0.2, 0) is 6.54 Å². The lowest BCUT2D eigenvalue weighted by Crippen LogP contribution is -2.50. The predicted octanol–water partition coefficient (Wildman–Crippen LogP) is 2.42. The molecule has 0 atom stereocenters. The third-order valence-corrected chi connectivity index (χ3v) is 4.76. The predicted molar refractivity (Wildman–Crippen MR) is 83.4 cm³/mol. The maximum atomic E-state index is 5.54. The molecule has 3 rings (SSSR count). The van der Waals surface area contributed by atoms with Gasteiger partial charge in [-0.25, -0.2) is 15.4 Å². The number of nitrogens with one attached hydrogen (secondary N) is 1. The first kappa shape index (κ1) is 14.2. The summed E-state index contributed by atoms with van der Waals surface area (Å²) < 4.78 is 6.29. The zero-order valence-corrected chi connectivity index (χ0v) is 13.7. The van der Waals surface area contributed by atoms with E-state index in [1.807, 2.05) is 18.3 Å². The van der Waals surface area contributed by atoms with Crippen LogP contribution in [0.15, 0.2) is 27.4 Å². The average molecular weight is 357 g/mol. The Morgan fingerprint density at radius 3 is 2.85 bits per heavy atom. The number of hydrogen-bond acceptors (Lipinski definition) is 6. The summed E-state index contributed by atoms with van der Waals surface area (Å²) in [6.45, 7) is 5.10. The van der Waals surface area contributed by atoms with Gasteiger partial charge in [0.2, 0.25) is 0 Å². The van der Waals surface area contributed by atoms with Crippen molar-refractivity contribution < 1.29 is 4.42 Å². The molecule has 0 aliphatic carbocycles. The molecule has 0 aromatic carbocycles. The van der Waals surface area contributed by atoms with Crippen molar-refractivity contribution in [2.45, 2.75) is 6.54 Å². The molecule has 0 unspecified atom stereocenters. The molecule has 108 valence electrons. The van der Waals surface area contributed by atoms with Crippen LogP contribution in [0.25, 0.3) is 10.6 Å². The minimum atomic E-state index is 0.748. The summed E-state index contributed by atoms with van der Waals surface area (Å²) in [5.74, 6) is 0.861. The fourth-order valence-corrected chi connectivity index (χ4v) is 3.21. The van der Waals surface area contributed by atoms with Gasteiger partial charge in [-0.05, 0) is 35.1 Å². The van der Waals surface area contributed by atoms with E-state index in [0.29, 0.717) is 0 Å². The molecule has 0 saturated carbocycles. The third-order valence-electron chi connectivity index (χ3n) is 3.33. The molecular weight excluding hydrogens is 340 g/mol. The number of hydrogen-bond donors (Lipinski definition) is 1. The summed E-state index contributed by atoms with van der Waals surface area (Å²) >= 11 is 4.98. The first-order chi connectivity index (χ1) is 9.70. The first-order valence-electron chi connectivity index (χ1n) is 6.58. The second kappa shape index (κ2) is 6.36. The highest BCUT2D eigenvalue weighted by atomic mass is 79.9. The number of likely N-dealkylation sites (N-methyl/N-ethyl adjacent to an activating group) is 1. The Morgan fingerprint density at radius 1 is 1.35 bits per heavy atom. The molecule has 1 saturated heterocycles. The molecule has 1 fully saturated rings. The number of hydrazine groups is 1. The number of halogens is 1. The fourth-order valence-electron chi connectivity index (χ4n) is 2.10. The molecular formula is C13H17BrN4OS. The Kier molecular flexibility index (Phi) is 4.52. The van der Waals surface area contributed by atoms with Gasteiger partial charge in [0.15, 0.2) is 4.67 Å². The zero-order valence-electron chi connectivity index (χ0n) is 11.3. The number of furan rings is 1. The van der Waals surface area contributed by atoms with E-state index in [1.54, 1.807) is 11.3 Å². The van der Waals surface area contributed by atoms with Crippen molar-refractivity contribution in [3.05, 3.63) is 28.0 Å². The highest BCUT2D eigenvalue weighted by molar-refractivity contribution is 9.10. The van der Waals surface area contributed by atoms with E-state index < -0.39 is 0 Å². The highest BCUT2D eigenvalue weighted by Gasteiger charge is 2.14. The van der Waals surface area contributed by atoms with E-state index in [4.69, 9.17) is 4.42 Å². The van der Waals surface area contributed by atoms with Crippen LogP contribution in [0.4, 0.5) is 0 Å². The van der Waals surface area contributed by atoms with Crippen LogP contribution in [0.1, 0.15) is 5.01 Å². The Hall–Kier alpha value is -0.730. The van der Waals surface area contributed by atoms with Gasteiger partial charge >= 0.3 is 0 Å². The van der Waals surface area contributed by atoms with E-state index in [-0.39, 0.29) is 0 Å². The van der Waals surface area contributed by atoms with Crippen LogP contribution in [0.5, 0.6) is 0 Å². The minimum Gasteiger partial charge on any atom is -0.448 e. The van der Waals surface area contributed by atoms with Crippen molar-refractivity contribution in [3.63, 3.8) is 0 Å². The first-order valence-corrected chi connectivity index (χ1v) is 8.19. The van der Waals surface area contributed by atoms with E-state index >= 15 is 0 Å². The van der Waals surface area contributed by atoms with Crippen molar-refractivity contribution in [2.24, 2.45) is 0 Å². The average Bonchev–Trinajstić information content (AvgIpc) is 3.07. The molecule has 5 nitrogen and oxygen atoms in total. The number of thiazole rings is 1. The summed E-state index contributed by atoms with van der Waals surface area (Å²) in [5.41, 5.74) is 3.44. The van der Waals surface area contributed by atoms with E-state index in [9.17, 15) is 0 Å². The van der Waals surface area contributed by atoms with Crippen LogP contribution in [-0.4, -0.2) is 48.1 Å². The lowest BCUT2D eigenvalue weighted by atomic mass is 10.4. The molecule has 1 aliphatic heterocycles. The standard InChI is InChI=1S/C13H17BrN4OS/c1-17-4-6-18(7-5-17)16-9-13-15-8-11(20-13)10-2-3-12(14)19-10/h2-3,8,16H,4-7,9H2,1H3. The van der Waals surface area contributed by atoms with Gasteiger partial charge in [-0.3, -0.25) is 0 Å². The topological polar surface area (TPSA) is 44.5 Å². The second-order valence-corrected chi connectivity index (χ2v) is 6.74. The van der Waals surface area contributed by atoms with Crippen LogP contribution in [0.2, 0.25) is 0 Å². The molecule has 7 heteroatoms. The van der Waals surface area contributed by atoms with Crippen LogP contribution >= 0.6 is 27.3 Å². The molecule has 2 aromatic rings. The summed E-state index contributed by atoms with van der Waals surface area (Å²) in [6.07, 6.45) is 1.87. The Balaban J connectivity index is 1.55. The highest BCUT2D eigenvalue weighted by Crippen LogP contribution is 2.29. The quantitative estimate of drug-likeness (QED) is 0.911. The van der Waals surface area contributed by atoms with Gasteiger partial charge in [0.05, 0.1) is 11.4 Å². The summed E-state index contributed by atoms with van der Waals surface area (Å²) in [4.78, 5) is 7.85. The minimum absolute atomic E-state index is 0.748. The Morgan fingerprint density at radius 2 is 2.15 bits per heavy atom. The smallest absolute Gasteiger partial charge is 0.169 e. The molecule has 20 heavy (non-hydrogen) atoms. The van der Waals surface area contributed by atoms with Crippen molar-refractivity contribution in [2.75, 3.05) is 33.2 Å². The molecule has 3 heterocycles. The molecule has 1 aliphatic rings. The van der Waals surface area contributed by atoms with E-state index in [1.165, 1.54) is 0 Å². The number of piperazine rings is 1. The second-order valence-electron chi connectivity index (χ2n) is 4.85. The van der Waals surface area contributed by atoms with Crippen molar-refractivity contribution in [1.82, 2.24) is 20.3 Å². The van der Waals surface area contributed by atoms with Gasteiger partial charge in [-0.1, -0.05) is 0 Å². The Bertz CT molecular complexity index is 562. The van der Waals surface area contributed by atoms with E-state index in [0.717, 1.165) is 53.0 Å². The molecule has 2 aromatic heterocycles. The number of aromatic nitrogens is 1. The van der Waals surface area contributed by atoms with Gasteiger partial charge < -0.3 is 9.32 Å². The summed E-state index contributed by atoms with van der Waals surface area (Å²) in [5, 5.41) is 3.34. The van der Waals surface area contributed by atoms with Gasteiger partial charge in [0.1, 0.15) is 10.8 Å². The summed E-state index contributed by atoms with van der Waals surface area (Å²) in [6, 6.07) is 3.85. The van der Waals surface area contributed by atoms with Crippen LogP contribution < -0.4 is 5.43 Å². The van der Waals surface area contributed by atoms with Crippen LogP contribution in [0, 0.1) is 0 Å². The zero-order chi connectivity index (χ0) is 13.9. The van der Waals surface area contributed by atoms with Gasteiger partial charge in [0, 0.05) is 32.4 Å². The number of rotatable bonds is 4. The van der Waals surface area contributed by atoms with Crippen molar-refractivity contribution >= 4 is 27.3 Å². The van der Waals surface area contributed by atoms with Gasteiger partial charge in [0.25, 0.3) is 0 Å². The van der Waals surface area contributed by atoms with Crippen LogP contribution in [0.3, 0.4) is 0 Å². The maximum absolute atomic E-state index is 5.54. The maximum Gasteiger partial charge on any atom is 0.169 e. The third kappa shape index (κ3) is 3.48. The number of nitrogens with zero attached hydrogens (tertiary/aromatic N) is 3. The normalized spacial score (nSPS) is 17.7. The lowest BCUT2D eigenvalue weighted by Gasteiger charge is -2.32. The van der Waals surface area contributed by atoms with Crippen molar-refractivity contribution in [3.8, 4) is 10.6 Å². The SMILES string of the molecule is CN1CCN(NCc2ncc(-c3ccc(Br)o3)s2)CC1. The largest absolute Gasteiger partial charge is 0.448 e. The van der Waals surface area contributed by atoms with E-state index in [2.05, 4.69) is 43.3 Å². The molecule has 0 spiro atoms. The lowest BCUT2D eigenvalue weighted by molar-refractivity contribution is 0.102.